The summed E-state index contributed by atoms with van der Waals surface area (Å²) >= 11 is 0. The molecule has 0 fully saturated rings. The zero-order chi connectivity index (χ0) is 13.5. The first kappa shape index (κ1) is 15.9. The molecule has 0 saturated carbocycles. The lowest BCUT2D eigenvalue weighted by Gasteiger charge is -2.32. The van der Waals surface area contributed by atoms with Crippen LogP contribution >= 0.6 is 0 Å². The highest BCUT2D eigenvalue weighted by molar-refractivity contribution is 5.87. The highest BCUT2D eigenvalue weighted by Gasteiger charge is 2.35. The Labute approximate surface area is 104 Å². The topological polar surface area (TPSA) is 75.4 Å². The van der Waals surface area contributed by atoms with Crippen molar-refractivity contribution in [3.05, 3.63) is 0 Å². The molecule has 0 spiro atoms. The molecule has 0 aromatic carbocycles. The van der Waals surface area contributed by atoms with Gasteiger partial charge in [-0.05, 0) is 19.8 Å². The molecule has 0 heterocycles. The summed E-state index contributed by atoms with van der Waals surface area (Å²) < 4.78 is 0. The molecule has 0 aromatic heterocycles. The Morgan fingerprint density at radius 3 is 2.12 bits per heavy atom. The van der Waals surface area contributed by atoms with Gasteiger partial charge in [-0.2, -0.15) is 0 Å². The fourth-order valence-electron chi connectivity index (χ4n) is 1.87. The third-order valence-electron chi connectivity index (χ3n) is 3.30. The van der Waals surface area contributed by atoms with Crippen LogP contribution in [0, 0.1) is 5.41 Å². The van der Waals surface area contributed by atoms with Crippen LogP contribution in [0.25, 0.3) is 0 Å². The highest BCUT2D eigenvalue weighted by Crippen LogP contribution is 2.27. The molecular weight excluding hydrogens is 218 g/mol. The van der Waals surface area contributed by atoms with E-state index in [4.69, 9.17) is 5.73 Å². The Hall–Kier alpha value is -1.10. The predicted molar refractivity (Wildman–Crippen MR) is 68.4 cm³/mol. The van der Waals surface area contributed by atoms with E-state index in [1.807, 2.05) is 20.8 Å². The predicted octanol–water partition coefficient (Wildman–Crippen LogP) is 0.346. The first-order valence-corrected chi connectivity index (χ1v) is 6.19. The van der Waals surface area contributed by atoms with Gasteiger partial charge in [-0.3, -0.25) is 9.59 Å². The number of nitrogens with one attached hydrogen (secondary N) is 1. The van der Waals surface area contributed by atoms with Gasteiger partial charge in [-0.25, -0.2) is 0 Å². The van der Waals surface area contributed by atoms with Gasteiger partial charge in [0.15, 0.2) is 0 Å². The molecule has 0 aromatic rings. The molecular formula is C12H25N3O2. The lowest BCUT2D eigenvalue weighted by molar-refractivity contribution is -0.143. The minimum Gasteiger partial charge on any atom is -0.355 e. The first-order chi connectivity index (χ1) is 7.97. The van der Waals surface area contributed by atoms with Crippen LogP contribution in [-0.2, 0) is 9.59 Å². The van der Waals surface area contributed by atoms with Crippen LogP contribution in [0.3, 0.4) is 0 Å². The van der Waals surface area contributed by atoms with E-state index in [0.29, 0.717) is 25.9 Å². The van der Waals surface area contributed by atoms with Gasteiger partial charge in [0.1, 0.15) is 0 Å². The van der Waals surface area contributed by atoms with Crippen molar-refractivity contribution in [1.82, 2.24) is 10.2 Å². The van der Waals surface area contributed by atoms with Gasteiger partial charge in [0, 0.05) is 20.1 Å². The normalized spacial score (nSPS) is 11.1. The Morgan fingerprint density at radius 2 is 1.76 bits per heavy atom. The van der Waals surface area contributed by atoms with Crippen molar-refractivity contribution in [3.63, 3.8) is 0 Å². The van der Waals surface area contributed by atoms with Crippen LogP contribution in [-0.4, -0.2) is 43.4 Å². The van der Waals surface area contributed by atoms with Crippen LogP contribution in [0.1, 0.15) is 33.6 Å². The van der Waals surface area contributed by atoms with Crippen LogP contribution in [0.4, 0.5) is 0 Å². The van der Waals surface area contributed by atoms with Crippen molar-refractivity contribution in [3.8, 4) is 0 Å². The Kier molecular flexibility index (Phi) is 6.80. The summed E-state index contributed by atoms with van der Waals surface area (Å²) in [6, 6.07) is 0. The third-order valence-corrected chi connectivity index (χ3v) is 3.30. The van der Waals surface area contributed by atoms with Crippen LogP contribution in [0.15, 0.2) is 0 Å². The van der Waals surface area contributed by atoms with E-state index in [1.54, 1.807) is 7.05 Å². The third kappa shape index (κ3) is 4.00. The zero-order valence-corrected chi connectivity index (χ0v) is 11.4. The summed E-state index contributed by atoms with van der Waals surface area (Å²) in [6.07, 6.45) is 1.39. The lowest BCUT2D eigenvalue weighted by Crippen LogP contribution is -2.48. The molecule has 5 nitrogen and oxygen atoms in total. The van der Waals surface area contributed by atoms with Gasteiger partial charge >= 0.3 is 0 Å². The van der Waals surface area contributed by atoms with E-state index in [0.717, 1.165) is 0 Å². The van der Waals surface area contributed by atoms with E-state index < -0.39 is 5.41 Å². The second-order valence-electron chi connectivity index (χ2n) is 4.31. The summed E-state index contributed by atoms with van der Waals surface area (Å²) in [5, 5.41) is 2.67. The molecule has 0 aliphatic heterocycles. The standard InChI is InChI=1S/C12H25N3O2/c1-5-12(6-2,9-13)11(17)15(4)8-10(16)14-7-3/h5-9,13H2,1-4H3,(H,14,16). The molecule has 17 heavy (non-hydrogen) atoms. The van der Waals surface area contributed by atoms with Gasteiger partial charge in [0.2, 0.25) is 11.8 Å². The summed E-state index contributed by atoms with van der Waals surface area (Å²) in [7, 11) is 1.65. The molecule has 0 aliphatic rings. The van der Waals surface area contributed by atoms with E-state index in [1.165, 1.54) is 4.90 Å². The highest BCUT2D eigenvalue weighted by atomic mass is 16.2. The molecule has 0 unspecified atom stereocenters. The van der Waals surface area contributed by atoms with Gasteiger partial charge < -0.3 is 16.0 Å². The molecule has 0 rings (SSSR count). The quantitative estimate of drug-likeness (QED) is 0.677. The average molecular weight is 243 g/mol. The molecule has 0 radical (unpaired) electrons. The number of rotatable bonds is 7. The van der Waals surface area contributed by atoms with E-state index in [-0.39, 0.29) is 18.4 Å². The number of likely N-dealkylation sites (N-methyl/N-ethyl adjacent to an activating group) is 2. The second kappa shape index (κ2) is 7.27. The van der Waals surface area contributed by atoms with Gasteiger partial charge in [-0.15, -0.1) is 0 Å². The van der Waals surface area contributed by atoms with Crippen LogP contribution in [0.5, 0.6) is 0 Å². The molecule has 3 N–H and O–H groups in total. The molecule has 0 bridgehead atoms. The maximum atomic E-state index is 12.3. The smallest absolute Gasteiger partial charge is 0.239 e. The summed E-state index contributed by atoms with van der Waals surface area (Å²) in [4.78, 5) is 25.1. The van der Waals surface area contributed by atoms with Crippen molar-refractivity contribution in [2.24, 2.45) is 11.1 Å². The van der Waals surface area contributed by atoms with Crippen molar-refractivity contribution in [2.45, 2.75) is 33.6 Å². The fraction of sp³-hybridized carbons (Fsp3) is 0.833. The number of nitrogens with two attached hydrogens (primary N) is 1. The largest absolute Gasteiger partial charge is 0.355 e. The van der Waals surface area contributed by atoms with E-state index in [2.05, 4.69) is 5.32 Å². The van der Waals surface area contributed by atoms with Crippen molar-refractivity contribution >= 4 is 11.8 Å². The number of amides is 2. The molecule has 5 heteroatoms. The summed E-state index contributed by atoms with van der Waals surface area (Å²) in [5.41, 5.74) is 5.18. The number of nitrogens with zero attached hydrogens (tertiary/aromatic N) is 1. The zero-order valence-electron chi connectivity index (χ0n) is 11.4. The van der Waals surface area contributed by atoms with Crippen LogP contribution < -0.4 is 11.1 Å². The van der Waals surface area contributed by atoms with Crippen molar-refractivity contribution in [1.29, 1.82) is 0 Å². The molecule has 0 atom stereocenters. The Bertz CT molecular complexity index is 254. The maximum Gasteiger partial charge on any atom is 0.239 e. The van der Waals surface area contributed by atoms with Gasteiger partial charge in [0.05, 0.1) is 12.0 Å². The summed E-state index contributed by atoms with van der Waals surface area (Å²) in [5.74, 6) is -0.183. The minimum atomic E-state index is -0.527. The fourth-order valence-corrected chi connectivity index (χ4v) is 1.87. The molecule has 0 saturated heterocycles. The molecule has 100 valence electrons. The molecule has 2 amide bonds. The number of carbonyl (C=O) groups is 2. The summed E-state index contributed by atoms with van der Waals surface area (Å²) in [6.45, 7) is 6.74. The monoisotopic (exact) mass is 243 g/mol. The minimum absolute atomic E-state index is 0.0451. The Morgan fingerprint density at radius 1 is 1.24 bits per heavy atom. The van der Waals surface area contributed by atoms with Crippen molar-refractivity contribution in [2.75, 3.05) is 26.7 Å². The maximum absolute atomic E-state index is 12.3. The van der Waals surface area contributed by atoms with E-state index >= 15 is 0 Å². The number of carbonyl (C=O) groups excluding carboxylic acids is 2. The van der Waals surface area contributed by atoms with Gasteiger partial charge in [-0.1, -0.05) is 13.8 Å². The van der Waals surface area contributed by atoms with Gasteiger partial charge in [0.25, 0.3) is 0 Å². The number of hydrogen-bond donors (Lipinski definition) is 2. The first-order valence-electron chi connectivity index (χ1n) is 6.19. The van der Waals surface area contributed by atoms with E-state index in [9.17, 15) is 9.59 Å². The van der Waals surface area contributed by atoms with Crippen LogP contribution in [0.2, 0.25) is 0 Å². The lowest BCUT2D eigenvalue weighted by atomic mass is 9.81. The van der Waals surface area contributed by atoms with Crippen molar-refractivity contribution < 1.29 is 9.59 Å². The average Bonchev–Trinajstić information content (AvgIpc) is 2.32. The molecule has 0 aliphatic carbocycles. The SMILES string of the molecule is CCNC(=O)CN(C)C(=O)C(CC)(CC)CN. The second-order valence-corrected chi connectivity index (χ2v) is 4.31. The number of hydrogen-bond acceptors (Lipinski definition) is 3. The Balaban J connectivity index is 4.61.